The van der Waals surface area contributed by atoms with Gasteiger partial charge in [-0.2, -0.15) is 0 Å². The van der Waals surface area contributed by atoms with Gasteiger partial charge < -0.3 is 4.43 Å². The lowest BCUT2D eigenvalue weighted by molar-refractivity contribution is 0.322. The zero-order valence-electron chi connectivity index (χ0n) is 9.80. The Morgan fingerprint density at radius 1 is 1.00 bits per heavy atom. The Morgan fingerprint density at radius 2 is 1.71 bits per heavy atom. The number of benzene rings is 2. The average Bonchev–Trinajstić information content (AvgIpc) is 2.40. The summed E-state index contributed by atoms with van der Waals surface area (Å²) in [6.45, 7) is 8.18. The molecule has 2 aromatic carbocycles. The lowest BCUT2D eigenvalue weighted by atomic mass is 10.1. The molecule has 0 aliphatic rings. The van der Waals surface area contributed by atoms with E-state index in [-0.39, 0.29) is 0 Å². The Morgan fingerprint density at radius 3 is 2.47 bits per heavy atom. The van der Waals surface area contributed by atoms with E-state index in [0.29, 0.717) is 6.61 Å². The Balaban J connectivity index is 2.24. The van der Waals surface area contributed by atoms with Crippen LogP contribution in [-0.4, -0.2) is 9.04 Å². The summed E-state index contributed by atoms with van der Waals surface area (Å²) < 4.78 is 5.84. The molecule has 86 valence electrons. The molecule has 2 rings (SSSR count). The summed E-state index contributed by atoms with van der Waals surface area (Å²) in [4.78, 5) is 0. The molecule has 0 atom stereocenters. The second-order valence-electron chi connectivity index (χ2n) is 3.89. The fourth-order valence-corrected chi connectivity index (χ4v) is 2.67. The van der Waals surface area contributed by atoms with Gasteiger partial charge in [0, 0.05) is 0 Å². The molecule has 0 amide bonds. The van der Waals surface area contributed by atoms with E-state index in [1.54, 1.807) is 0 Å². The highest BCUT2D eigenvalue weighted by molar-refractivity contribution is 6.62. The van der Waals surface area contributed by atoms with Crippen LogP contribution in [-0.2, 0) is 11.0 Å². The van der Waals surface area contributed by atoms with E-state index in [2.05, 4.69) is 55.6 Å². The highest BCUT2D eigenvalue weighted by Crippen LogP contribution is 2.19. The standard InChI is InChI=1S/C15H16OSi/c1-3-17(4-2)16-12-14-10-7-9-13-8-5-6-11-15(13)14/h3-11,17H,1-2,12H2. The molecule has 0 N–H and O–H groups in total. The minimum Gasteiger partial charge on any atom is -0.408 e. The third kappa shape index (κ3) is 2.73. The van der Waals surface area contributed by atoms with E-state index >= 15 is 0 Å². The monoisotopic (exact) mass is 240 g/mol. The van der Waals surface area contributed by atoms with Gasteiger partial charge in [-0.15, -0.1) is 13.2 Å². The third-order valence-corrected chi connectivity index (χ3v) is 4.26. The number of rotatable bonds is 5. The normalized spacial score (nSPS) is 10.6. The summed E-state index contributed by atoms with van der Waals surface area (Å²) in [5.74, 6) is 0. The Labute approximate surface area is 104 Å². The van der Waals surface area contributed by atoms with Gasteiger partial charge in [0.1, 0.15) is 0 Å². The molecule has 2 heteroatoms. The van der Waals surface area contributed by atoms with Crippen LogP contribution in [0.15, 0.2) is 67.0 Å². The maximum Gasteiger partial charge on any atom is 0.224 e. The van der Waals surface area contributed by atoms with Gasteiger partial charge in [-0.05, 0) is 16.3 Å². The fourth-order valence-electron chi connectivity index (χ4n) is 1.84. The molecule has 0 fully saturated rings. The van der Waals surface area contributed by atoms with Crippen LogP contribution in [0.25, 0.3) is 10.8 Å². The van der Waals surface area contributed by atoms with Crippen LogP contribution >= 0.6 is 0 Å². The van der Waals surface area contributed by atoms with Gasteiger partial charge in [0.2, 0.25) is 9.04 Å². The van der Waals surface area contributed by atoms with Crippen LogP contribution in [0.5, 0.6) is 0 Å². The van der Waals surface area contributed by atoms with E-state index in [4.69, 9.17) is 4.43 Å². The number of hydrogen-bond donors (Lipinski definition) is 0. The van der Waals surface area contributed by atoms with Gasteiger partial charge >= 0.3 is 0 Å². The molecule has 0 saturated heterocycles. The van der Waals surface area contributed by atoms with Crippen LogP contribution in [0.2, 0.25) is 0 Å². The molecule has 0 saturated carbocycles. The van der Waals surface area contributed by atoms with Crippen molar-refractivity contribution in [1.29, 1.82) is 0 Å². The van der Waals surface area contributed by atoms with E-state index in [9.17, 15) is 0 Å². The summed E-state index contributed by atoms with van der Waals surface area (Å²) in [7, 11) is -1.41. The SMILES string of the molecule is C=C[SiH](C=C)OCc1cccc2ccccc12. The largest absolute Gasteiger partial charge is 0.408 e. The van der Waals surface area contributed by atoms with E-state index in [0.717, 1.165) is 0 Å². The van der Waals surface area contributed by atoms with Gasteiger partial charge in [-0.1, -0.05) is 53.9 Å². The van der Waals surface area contributed by atoms with Crippen LogP contribution in [0, 0.1) is 0 Å². The first kappa shape index (κ1) is 11.8. The summed E-state index contributed by atoms with van der Waals surface area (Å²) in [5, 5.41) is 2.51. The Hall–Kier alpha value is -1.64. The average molecular weight is 240 g/mol. The molecular formula is C15H16OSi. The lowest BCUT2D eigenvalue weighted by Crippen LogP contribution is -2.11. The molecule has 17 heavy (non-hydrogen) atoms. The molecular weight excluding hydrogens is 224 g/mol. The third-order valence-electron chi connectivity index (χ3n) is 2.78. The quantitative estimate of drug-likeness (QED) is 0.726. The first-order valence-electron chi connectivity index (χ1n) is 5.68. The van der Waals surface area contributed by atoms with Crippen LogP contribution < -0.4 is 0 Å². The topological polar surface area (TPSA) is 9.23 Å². The minimum absolute atomic E-state index is 0.635. The van der Waals surface area contributed by atoms with Gasteiger partial charge in [-0.25, -0.2) is 0 Å². The molecule has 2 aromatic rings. The molecule has 0 unspecified atom stereocenters. The smallest absolute Gasteiger partial charge is 0.224 e. The highest BCUT2D eigenvalue weighted by Gasteiger charge is 2.04. The minimum atomic E-state index is -1.41. The first-order chi connectivity index (χ1) is 8.35. The molecule has 0 aliphatic carbocycles. The Bertz CT molecular complexity index is 520. The molecule has 0 spiro atoms. The van der Waals surface area contributed by atoms with Gasteiger partial charge in [0.15, 0.2) is 0 Å². The summed E-state index contributed by atoms with van der Waals surface area (Å²) in [6, 6.07) is 14.7. The van der Waals surface area contributed by atoms with Crippen LogP contribution in [0.1, 0.15) is 5.56 Å². The van der Waals surface area contributed by atoms with Crippen molar-refractivity contribution in [3.8, 4) is 0 Å². The van der Waals surface area contributed by atoms with Crippen molar-refractivity contribution < 1.29 is 4.43 Å². The Kier molecular flexibility index (Phi) is 3.91. The van der Waals surface area contributed by atoms with E-state index < -0.39 is 9.04 Å². The second-order valence-corrected chi connectivity index (χ2v) is 6.09. The maximum absolute atomic E-state index is 5.84. The lowest BCUT2D eigenvalue weighted by Gasteiger charge is -2.10. The van der Waals surface area contributed by atoms with Crippen LogP contribution in [0.4, 0.5) is 0 Å². The highest BCUT2D eigenvalue weighted by atomic mass is 28.3. The van der Waals surface area contributed by atoms with Crippen molar-refractivity contribution in [3.05, 3.63) is 72.6 Å². The van der Waals surface area contributed by atoms with Gasteiger partial charge in [0.25, 0.3) is 0 Å². The van der Waals surface area contributed by atoms with Gasteiger partial charge in [-0.3, -0.25) is 0 Å². The van der Waals surface area contributed by atoms with Crippen molar-refractivity contribution in [3.63, 3.8) is 0 Å². The van der Waals surface area contributed by atoms with Crippen molar-refractivity contribution in [2.24, 2.45) is 0 Å². The number of fused-ring (bicyclic) bond motifs is 1. The van der Waals surface area contributed by atoms with E-state index in [1.807, 2.05) is 11.4 Å². The first-order valence-corrected chi connectivity index (χ1v) is 7.49. The molecule has 0 heterocycles. The van der Waals surface area contributed by atoms with E-state index in [1.165, 1.54) is 16.3 Å². The summed E-state index contributed by atoms with van der Waals surface area (Å²) in [6.07, 6.45) is 0. The van der Waals surface area contributed by atoms with Crippen molar-refractivity contribution >= 4 is 19.8 Å². The van der Waals surface area contributed by atoms with Crippen molar-refractivity contribution in [2.75, 3.05) is 0 Å². The zero-order chi connectivity index (χ0) is 12.1. The molecule has 1 nitrogen and oxygen atoms in total. The van der Waals surface area contributed by atoms with Crippen molar-refractivity contribution in [1.82, 2.24) is 0 Å². The maximum atomic E-state index is 5.84. The zero-order valence-corrected chi connectivity index (χ0v) is 11.0. The van der Waals surface area contributed by atoms with Crippen LogP contribution in [0.3, 0.4) is 0 Å². The summed E-state index contributed by atoms with van der Waals surface area (Å²) >= 11 is 0. The predicted molar refractivity (Wildman–Crippen MR) is 76.3 cm³/mol. The molecule has 0 aliphatic heterocycles. The number of hydrogen-bond acceptors (Lipinski definition) is 1. The molecule has 0 bridgehead atoms. The van der Waals surface area contributed by atoms with Gasteiger partial charge in [0.05, 0.1) is 6.61 Å². The van der Waals surface area contributed by atoms with Crippen molar-refractivity contribution in [2.45, 2.75) is 6.61 Å². The molecule has 0 aromatic heterocycles. The molecule has 0 radical (unpaired) electrons. The second kappa shape index (κ2) is 5.62. The predicted octanol–water partition coefficient (Wildman–Crippen LogP) is 3.53. The summed E-state index contributed by atoms with van der Waals surface area (Å²) in [5.41, 5.74) is 5.00. The fraction of sp³-hybridized carbons (Fsp3) is 0.0667.